The topological polar surface area (TPSA) is 91.0 Å². The van der Waals surface area contributed by atoms with Gasteiger partial charge in [-0.1, -0.05) is 23.9 Å². The van der Waals surface area contributed by atoms with Crippen LogP contribution in [0.5, 0.6) is 0 Å². The summed E-state index contributed by atoms with van der Waals surface area (Å²) >= 11 is 1.28. The zero-order chi connectivity index (χ0) is 16.6. The molecule has 3 rings (SSSR count). The van der Waals surface area contributed by atoms with Crippen molar-refractivity contribution in [3.8, 4) is 0 Å². The lowest BCUT2D eigenvalue weighted by molar-refractivity contribution is -0.126. The molecule has 2 heterocycles. The second kappa shape index (κ2) is 5.69. The number of hydrogen-bond donors (Lipinski definition) is 2. The van der Waals surface area contributed by atoms with E-state index in [9.17, 15) is 9.59 Å². The van der Waals surface area contributed by atoms with Gasteiger partial charge in [-0.2, -0.15) is 5.10 Å². The molecule has 0 fully saturated rings. The zero-order valence-electron chi connectivity index (χ0n) is 13.0. The van der Waals surface area contributed by atoms with E-state index in [1.54, 1.807) is 31.7 Å². The first-order chi connectivity index (χ1) is 10.9. The van der Waals surface area contributed by atoms with Crippen LogP contribution in [-0.4, -0.2) is 37.8 Å². The number of carbonyl (C=O) groups excluding carboxylic acids is 2. The normalized spacial score (nSPS) is 17.3. The summed E-state index contributed by atoms with van der Waals surface area (Å²) in [6, 6.07) is 7.30. The molecule has 0 saturated carbocycles. The molecule has 8 heteroatoms. The predicted molar refractivity (Wildman–Crippen MR) is 88.3 cm³/mol. The van der Waals surface area contributed by atoms with Crippen LogP contribution < -0.4 is 10.2 Å². The van der Waals surface area contributed by atoms with Crippen LogP contribution in [0.15, 0.2) is 35.7 Å². The molecule has 120 valence electrons. The van der Waals surface area contributed by atoms with E-state index in [-0.39, 0.29) is 11.8 Å². The molecule has 1 unspecified atom stereocenters. The highest BCUT2D eigenvalue weighted by Gasteiger charge is 2.44. The molecule has 1 aromatic heterocycles. The predicted octanol–water partition coefficient (Wildman–Crippen LogP) is 2.05. The van der Waals surface area contributed by atoms with E-state index in [2.05, 4.69) is 20.5 Å². The second-order valence-electron chi connectivity index (χ2n) is 5.75. The number of amides is 2. The van der Waals surface area contributed by atoms with Crippen molar-refractivity contribution in [2.75, 3.05) is 10.2 Å². The number of anilines is 2. The van der Waals surface area contributed by atoms with Gasteiger partial charge in [0.25, 0.3) is 0 Å². The number of aromatic nitrogens is 3. The Morgan fingerprint density at radius 1 is 1.35 bits per heavy atom. The fourth-order valence-corrected chi connectivity index (χ4v) is 3.25. The van der Waals surface area contributed by atoms with E-state index in [1.807, 2.05) is 18.2 Å². The molecular formula is C15H17N5O2S. The number of thioether (sulfide) groups is 1. The highest BCUT2D eigenvalue weighted by molar-refractivity contribution is 8.00. The van der Waals surface area contributed by atoms with Crippen LogP contribution in [0.4, 0.5) is 11.4 Å². The van der Waals surface area contributed by atoms with Crippen LogP contribution in [0.3, 0.4) is 0 Å². The van der Waals surface area contributed by atoms with Crippen molar-refractivity contribution in [2.45, 2.75) is 36.7 Å². The third-order valence-corrected chi connectivity index (χ3v) is 4.73. The maximum atomic E-state index is 13.0. The minimum absolute atomic E-state index is 0.154. The third-order valence-electron chi connectivity index (χ3n) is 3.76. The van der Waals surface area contributed by atoms with Gasteiger partial charge in [-0.3, -0.25) is 19.6 Å². The number of H-pyrrole nitrogens is 1. The largest absolute Gasteiger partial charge is 0.322 e. The van der Waals surface area contributed by atoms with Crippen molar-refractivity contribution in [1.82, 2.24) is 15.2 Å². The molecule has 0 aliphatic carbocycles. The summed E-state index contributed by atoms with van der Waals surface area (Å²) in [5, 5.41) is 9.51. The van der Waals surface area contributed by atoms with E-state index in [1.165, 1.54) is 18.1 Å². The quantitative estimate of drug-likeness (QED) is 0.840. The Hall–Kier alpha value is -2.35. The number of hydrogen-bond acceptors (Lipinski definition) is 5. The Kier molecular flexibility index (Phi) is 3.85. The van der Waals surface area contributed by atoms with Crippen molar-refractivity contribution in [3.63, 3.8) is 0 Å². The fourth-order valence-electron chi connectivity index (χ4n) is 2.50. The van der Waals surface area contributed by atoms with Gasteiger partial charge < -0.3 is 5.32 Å². The lowest BCUT2D eigenvalue weighted by Gasteiger charge is -2.42. The summed E-state index contributed by atoms with van der Waals surface area (Å²) < 4.78 is 0. The Morgan fingerprint density at radius 3 is 2.78 bits per heavy atom. The van der Waals surface area contributed by atoms with Gasteiger partial charge in [0.2, 0.25) is 11.8 Å². The summed E-state index contributed by atoms with van der Waals surface area (Å²) in [4.78, 5) is 31.0. The number of nitrogens with one attached hydrogen (secondary N) is 2. The zero-order valence-corrected chi connectivity index (χ0v) is 13.8. The van der Waals surface area contributed by atoms with E-state index >= 15 is 0 Å². The first kappa shape index (κ1) is 15.5. The summed E-state index contributed by atoms with van der Waals surface area (Å²) in [5.74, 6) is -0.361. The molecule has 1 aliphatic heterocycles. The minimum atomic E-state index is -0.971. The van der Waals surface area contributed by atoms with Gasteiger partial charge >= 0.3 is 0 Å². The molecule has 2 aromatic rings. The SMILES string of the molecule is CC(Sc1ncn[nH]1)C(=O)N1c2ccccc2NC(=O)C1(C)C. The van der Waals surface area contributed by atoms with E-state index in [0.29, 0.717) is 16.5 Å². The van der Waals surface area contributed by atoms with Crippen molar-refractivity contribution in [1.29, 1.82) is 0 Å². The van der Waals surface area contributed by atoms with Gasteiger partial charge in [0, 0.05) is 0 Å². The van der Waals surface area contributed by atoms with Gasteiger partial charge in [-0.25, -0.2) is 4.98 Å². The van der Waals surface area contributed by atoms with Crippen LogP contribution in [0, 0.1) is 0 Å². The maximum Gasteiger partial charge on any atom is 0.250 e. The van der Waals surface area contributed by atoms with Crippen LogP contribution in [0.25, 0.3) is 0 Å². The summed E-state index contributed by atoms with van der Waals surface area (Å²) in [6.45, 7) is 5.27. The van der Waals surface area contributed by atoms with Crippen molar-refractivity contribution in [2.24, 2.45) is 0 Å². The van der Waals surface area contributed by atoms with Crippen LogP contribution in [0.1, 0.15) is 20.8 Å². The minimum Gasteiger partial charge on any atom is -0.322 e. The second-order valence-corrected chi connectivity index (χ2v) is 7.08. The molecule has 0 spiro atoms. The smallest absolute Gasteiger partial charge is 0.250 e. The highest BCUT2D eigenvalue weighted by atomic mass is 32.2. The maximum absolute atomic E-state index is 13.0. The van der Waals surface area contributed by atoms with Crippen molar-refractivity contribution < 1.29 is 9.59 Å². The summed E-state index contributed by atoms with van der Waals surface area (Å²) in [6.07, 6.45) is 1.40. The lowest BCUT2D eigenvalue weighted by Crippen LogP contribution is -2.60. The van der Waals surface area contributed by atoms with E-state index < -0.39 is 10.8 Å². The standard InChI is InChI=1S/C15H17N5O2S/c1-9(23-14-16-8-17-19-14)12(21)20-11-7-5-4-6-10(11)18-13(22)15(20,2)3/h4-9H,1-3H3,(H,18,22)(H,16,17,19). The first-order valence-corrected chi connectivity index (χ1v) is 8.06. The number of carbonyl (C=O) groups is 2. The van der Waals surface area contributed by atoms with Crippen molar-refractivity contribution in [3.05, 3.63) is 30.6 Å². The Balaban J connectivity index is 1.95. The average Bonchev–Trinajstić information content (AvgIpc) is 3.00. The molecule has 0 saturated heterocycles. The number of para-hydroxylation sites is 2. The number of nitrogens with zero attached hydrogens (tertiary/aromatic N) is 3. The molecule has 1 aliphatic rings. The van der Waals surface area contributed by atoms with Crippen LogP contribution in [0.2, 0.25) is 0 Å². The Labute approximate surface area is 137 Å². The highest BCUT2D eigenvalue weighted by Crippen LogP contribution is 2.38. The van der Waals surface area contributed by atoms with Gasteiger partial charge in [-0.05, 0) is 32.9 Å². The molecule has 0 bridgehead atoms. The lowest BCUT2D eigenvalue weighted by atomic mass is 9.96. The molecule has 1 atom stereocenters. The first-order valence-electron chi connectivity index (χ1n) is 7.18. The molecule has 7 nitrogen and oxygen atoms in total. The van der Waals surface area contributed by atoms with E-state index in [4.69, 9.17) is 0 Å². The van der Waals surface area contributed by atoms with Gasteiger partial charge in [0.1, 0.15) is 11.9 Å². The average molecular weight is 331 g/mol. The molecule has 23 heavy (non-hydrogen) atoms. The van der Waals surface area contributed by atoms with Crippen molar-refractivity contribution >= 4 is 35.0 Å². The molecule has 2 amide bonds. The number of rotatable bonds is 3. The number of aromatic amines is 1. The van der Waals surface area contributed by atoms with Crippen LogP contribution >= 0.6 is 11.8 Å². The van der Waals surface area contributed by atoms with Gasteiger partial charge in [0.15, 0.2) is 5.16 Å². The Bertz CT molecular complexity index is 744. The fraction of sp³-hybridized carbons (Fsp3) is 0.333. The van der Waals surface area contributed by atoms with E-state index in [0.717, 1.165) is 0 Å². The summed E-state index contributed by atoms with van der Waals surface area (Å²) in [7, 11) is 0. The molecule has 2 N–H and O–H groups in total. The van der Waals surface area contributed by atoms with Gasteiger partial charge in [-0.15, -0.1) is 0 Å². The number of benzene rings is 1. The number of fused-ring (bicyclic) bond motifs is 1. The molecule has 1 aromatic carbocycles. The van der Waals surface area contributed by atoms with Crippen LogP contribution in [-0.2, 0) is 9.59 Å². The van der Waals surface area contributed by atoms with Gasteiger partial charge in [0.05, 0.1) is 16.6 Å². The third kappa shape index (κ3) is 2.70. The summed E-state index contributed by atoms with van der Waals surface area (Å²) in [5.41, 5.74) is 0.371. The molecular weight excluding hydrogens is 314 g/mol. The monoisotopic (exact) mass is 331 g/mol. The Morgan fingerprint density at radius 2 is 2.09 bits per heavy atom. The molecule has 0 radical (unpaired) electrons.